The zero-order chi connectivity index (χ0) is 28.3. The molecule has 2 heterocycles. The highest BCUT2D eigenvalue weighted by Crippen LogP contribution is 2.37. The van der Waals surface area contributed by atoms with Gasteiger partial charge in [-0.15, -0.1) is 11.3 Å². The number of halogens is 4. The number of alkyl halides is 3. The highest BCUT2D eigenvalue weighted by molar-refractivity contribution is 8.18. The predicted octanol–water partition coefficient (Wildman–Crippen LogP) is 6.27. The SMILES string of the molecule is O=C(O)Cc1cccc(NC(=O)CCN2C(=O)S/C(=C\c3cc(-c4ccc(F)c(C(F)(F)F)c4)cs3)C2=O)c1. The number of nitrogens with one attached hydrogen (secondary N) is 1. The summed E-state index contributed by atoms with van der Waals surface area (Å²) in [6.07, 6.45) is -3.82. The zero-order valence-electron chi connectivity index (χ0n) is 19.8. The monoisotopic (exact) mass is 578 g/mol. The van der Waals surface area contributed by atoms with Crippen LogP contribution in [0.1, 0.15) is 22.4 Å². The normalized spacial score (nSPS) is 14.8. The molecule has 3 aromatic rings. The number of anilines is 1. The van der Waals surface area contributed by atoms with Crippen LogP contribution < -0.4 is 5.32 Å². The first-order chi connectivity index (χ1) is 18.4. The summed E-state index contributed by atoms with van der Waals surface area (Å²) in [7, 11) is 0. The Kier molecular flexibility index (Phi) is 8.21. The van der Waals surface area contributed by atoms with E-state index < -0.39 is 40.6 Å². The van der Waals surface area contributed by atoms with Crippen LogP contribution in [0.2, 0.25) is 0 Å². The number of hydrogen-bond donors (Lipinski definition) is 2. The van der Waals surface area contributed by atoms with E-state index in [0.717, 1.165) is 22.3 Å². The fourth-order valence-electron chi connectivity index (χ4n) is 3.69. The van der Waals surface area contributed by atoms with Crippen molar-refractivity contribution < 1.29 is 41.8 Å². The molecule has 1 aliphatic rings. The van der Waals surface area contributed by atoms with Crippen LogP contribution in [0.15, 0.2) is 58.8 Å². The molecule has 202 valence electrons. The van der Waals surface area contributed by atoms with Crippen molar-refractivity contribution in [1.29, 1.82) is 0 Å². The van der Waals surface area contributed by atoms with E-state index in [4.69, 9.17) is 5.11 Å². The van der Waals surface area contributed by atoms with Crippen LogP contribution in [0.25, 0.3) is 17.2 Å². The Morgan fingerprint density at radius 1 is 1.05 bits per heavy atom. The molecule has 0 bridgehead atoms. The Labute approximate surface area is 227 Å². The highest BCUT2D eigenvalue weighted by atomic mass is 32.2. The lowest BCUT2D eigenvalue weighted by molar-refractivity contribution is -0.140. The largest absolute Gasteiger partial charge is 0.481 e. The Morgan fingerprint density at radius 2 is 1.82 bits per heavy atom. The number of carbonyl (C=O) groups is 4. The molecule has 7 nitrogen and oxygen atoms in total. The van der Waals surface area contributed by atoms with E-state index in [1.54, 1.807) is 23.6 Å². The van der Waals surface area contributed by atoms with Gasteiger partial charge in [-0.2, -0.15) is 13.2 Å². The van der Waals surface area contributed by atoms with E-state index in [2.05, 4.69) is 5.32 Å². The van der Waals surface area contributed by atoms with Gasteiger partial charge in [0.25, 0.3) is 11.1 Å². The second-order valence-electron chi connectivity index (χ2n) is 8.33. The first-order valence-corrected chi connectivity index (χ1v) is 12.9. The van der Waals surface area contributed by atoms with E-state index in [0.29, 0.717) is 39.5 Å². The summed E-state index contributed by atoms with van der Waals surface area (Å²) in [6, 6.07) is 10.5. The number of carboxylic acids is 1. The zero-order valence-corrected chi connectivity index (χ0v) is 21.4. The van der Waals surface area contributed by atoms with E-state index in [9.17, 15) is 36.7 Å². The maximum atomic E-state index is 13.6. The number of imide groups is 1. The molecule has 0 unspecified atom stereocenters. The molecule has 0 aliphatic carbocycles. The average Bonchev–Trinajstić information content (AvgIpc) is 3.41. The van der Waals surface area contributed by atoms with Crippen molar-refractivity contribution in [3.8, 4) is 11.1 Å². The number of thiophene rings is 1. The fourth-order valence-corrected chi connectivity index (χ4v) is 5.47. The van der Waals surface area contributed by atoms with E-state index in [1.165, 1.54) is 24.3 Å². The Hall–Kier alpha value is -3.97. The maximum absolute atomic E-state index is 13.6. The van der Waals surface area contributed by atoms with Gasteiger partial charge in [0.2, 0.25) is 5.91 Å². The molecule has 2 N–H and O–H groups in total. The average molecular weight is 579 g/mol. The molecule has 0 spiro atoms. The molecule has 0 radical (unpaired) electrons. The number of amides is 3. The van der Waals surface area contributed by atoms with Gasteiger partial charge >= 0.3 is 12.1 Å². The van der Waals surface area contributed by atoms with Gasteiger partial charge in [-0.05, 0) is 70.2 Å². The molecular formula is C26H18F4N2O5S2. The Balaban J connectivity index is 1.40. The molecular weight excluding hydrogens is 560 g/mol. The van der Waals surface area contributed by atoms with Crippen LogP contribution in [-0.2, 0) is 27.0 Å². The van der Waals surface area contributed by atoms with Gasteiger partial charge in [-0.1, -0.05) is 18.2 Å². The van der Waals surface area contributed by atoms with Crippen molar-refractivity contribution in [2.45, 2.75) is 19.0 Å². The maximum Gasteiger partial charge on any atom is 0.419 e. The second kappa shape index (κ2) is 11.4. The molecule has 4 rings (SSSR count). The minimum absolute atomic E-state index is 0.0882. The number of nitrogens with zero attached hydrogens (tertiary/aromatic N) is 1. The van der Waals surface area contributed by atoms with Crippen molar-refractivity contribution in [3.05, 3.63) is 80.6 Å². The minimum Gasteiger partial charge on any atom is -0.481 e. The number of carbonyl (C=O) groups excluding carboxylic acids is 3. The number of hydrogen-bond acceptors (Lipinski definition) is 6. The van der Waals surface area contributed by atoms with E-state index >= 15 is 0 Å². The van der Waals surface area contributed by atoms with Crippen molar-refractivity contribution in [2.75, 3.05) is 11.9 Å². The molecule has 0 saturated carbocycles. The van der Waals surface area contributed by atoms with Gasteiger partial charge in [0.05, 0.1) is 16.9 Å². The number of thioether (sulfide) groups is 1. The van der Waals surface area contributed by atoms with E-state index in [-0.39, 0.29) is 29.9 Å². The van der Waals surface area contributed by atoms with Crippen LogP contribution >= 0.6 is 23.1 Å². The minimum atomic E-state index is -4.85. The van der Waals surface area contributed by atoms with Crippen molar-refractivity contribution in [2.24, 2.45) is 0 Å². The third-order valence-electron chi connectivity index (χ3n) is 5.50. The predicted molar refractivity (Wildman–Crippen MR) is 138 cm³/mol. The van der Waals surface area contributed by atoms with Gasteiger partial charge in [0.15, 0.2) is 0 Å². The lowest BCUT2D eigenvalue weighted by Gasteiger charge is -2.12. The van der Waals surface area contributed by atoms with Gasteiger partial charge in [0, 0.05) is 23.5 Å². The van der Waals surface area contributed by atoms with Crippen LogP contribution in [0.3, 0.4) is 0 Å². The summed E-state index contributed by atoms with van der Waals surface area (Å²) in [4.78, 5) is 49.9. The molecule has 39 heavy (non-hydrogen) atoms. The van der Waals surface area contributed by atoms with Gasteiger partial charge in [-0.3, -0.25) is 24.1 Å². The smallest absolute Gasteiger partial charge is 0.419 e. The number of benzene rings is 2. The standard InChI is InChI=1S/C26H18F4N2O5S2/c27-20-5-4-15(11-19(20)26(28,29)30)16-10-18(38-13-16)12-21-24(36)32(25(37)39-21)7-6-22(33)31-17-3-1-2-14(8-17)9-23(34)35/h1-5,8,10-13H,6-7,9H2,(H,31,33)(H,34,35)/b21-12-. The van der Waals surface area contributed by atoms with Crippen LogP contribution in [0, 0.1) is 5.82 Å². The van der Waals surface area contributed by atoms with Gasteiger partial charge in [0.1, 0.15) is 5.82 Å². The molecule has 1 saturated heterocycles. The topological polar surface area (TPSA) is 104 Å². The fraction of sp³-hybridized carbons (Fsp3) is 0.154. The molecule has 2 aromatic carbocycles. The molecule has 0 atom stereocenters. The highest BCUT2D eigenvalue weighted by Gasteiger charge is 2.36. The summed E-state index contributed by atoms with van der Waals surface area (Å²) in [5.74, 6) is -3.49. The number of aliphatic carboxylic acids is 1. The van der Waals surface area contributed by atoms with Crippen molar-refractivity contribution in [1.82, 2.24) is 4.90 Å². The van der Waals surface area contributed by atoms with Crippen LogP contribution in [0.4, 0.5) is 28.0 Å². The number of rotatable bonds is 8. The third kappa shape index (κ3) is 6.92. The second-order valence-corrected chi connectivity index (χ2v) is 10.3. The van der Waals surface area contributed by atoms with Crippen molar-refractivity contribution >= 4 is 57.9 Å². The quantitative estimate of drug-likeness (QED) is 0.241. The third-order valence-corrected chi connectivity index (χ3v) is 7.29. The summed E-state index contributed by atoms with van der Waals surface area (Å²) < 4.78 is 52.7. The summed E-state index contributed by atoms with van der Waals surface area (Å²) in [5.41, 5.74) is 0.0244. The van der Waals surface area contributed by atoms with Crippen LogP contribution in [-0.4, -0.2) is 39.6 Å². The summed E-state index contributed by atoms with van der Waals surface area (Å²) in [5, 5.41) is 12.5. The molecule has 1 aromatic heterocycles. The summed E-state index contributed by atoms with van der Waals surface area (Å²) in [6.45, 7) is -0.186. The Bertz CT molecular complexity index is 1500. The number of carboxylic acid groups (broad SMARTS) is 1. The molecule has 3 amide bonds. The first kappa shape index (κ1) is 28.0. The lowest BCUT2D eigenvalue weighted by atomic mass is 10.0. The molecule has 13 heteroatoms. The first-order valence-electron chi connectivity index (χ1n) is 11.2. The molecule has 1 aliphatic heterocycles. The Morgan fingerprint density at radius 3 is 2.54 bits per heavy atom. The van der Waals surface area contributed by atoms with Gasteiger partial charge < -0.3 is 10.4 Å². The van der Waals surface area contributed by atoms with Gasteiger partial charge in [-0.25, -0.2) is 4.39 Å². The van der Waals surface area contributed by atoms with Crippen molar-refractivity contribution in [3.63, 3.8) is 0 Å². The lowest BCUT2D eigenvalue weighted by Crippen LogP contribution is -2.31. The summed E-state index contributed by atoms with van der Waals surface area (Å²) >= 11 is 1.80. The van der Waals surface area contributed by atoms with E-state index in [1.807, 2.05) is 0 Å². The molecule has 1 fully saturated rings. The van der Waals surface area contributed by atoms with Crippen LogP contribution in [0.5, 0.6) is 0 Å².